The lowest BCUT2D eigenvalue weighted by Crippen LogP contribution is -2.37. The fourth-order valence-corrected chi connectivity index (χ4v) is 1.53. The molecule has 112 valence electrons. The molecule has 0 unspecified atom stereocenters. The van der Waals surface area contributed by atoms with Crippen LogP contribution in [0.5, 0.6) is 5.75 Å². The van der Waals surface area contributed by atoms with Gasteiger partial charge in [0, 0.05) is 17.1 Å². The van der Waals surface area contributed by atoms with E-state index in [2.05, 4.69) is 22.4 Å². The Morgan fingerprint density at radius 3 is 2.86 bits per heavy atom. The van der Waals surface area contributed by atoms with Gasteiger partial charge in [0.1, 0.15) is 12.4 Å². The van der Waals surface area contributed by atoms with Crippen molar-refractivity contribution in [3.8, 4) is 5.75 Å². The fourth-order valence-electron chi connectivity index (χ4n) is 1.35. The zero-order chi connectivity index (χ0) is 15.7. The Bertz CT molecular complexity index is 558. The zero-order valence-corrected chi connectivity index (χ0v) is 12.3. The van der Waals surface area contributed by atoms with Gasteiger partial charge in [-0.3, -0.25) is 9.59 Å². The van der Waals surface area contributed by atoms with Gasteiger partial charge >= 0.3 is 11.8 Å². The average molecular weight is 310 g/mol. The summed E-state index contributed by atoms with van der Waals surface area (Å²) in [5.74, 6) is -1.05. The molecule has 0 aromatic heterocycles. The molecule has 0 aliphatic rings. The minimum atomic E-state index is -0.844. The summed E-state index contributed by atoms with van der Waals surface area (Å²) in [7, 11) is 0. The van der Waals surface area contributed by atoms with Crippen molar-refractivity contribution in [1.82, 2.24) is 10.7 Å². The molecule has 21 heavy (non-hydrogen) atoms. The monoisotopic (exact) mass is 309 g/mol. The SMILES string of the molecule is C=CCOc1ccc(Cl)cc1/C=N\NC(=O)C(=O)NCC. The maximum Gasteiger partial charge on any atom is 0.329 e. The van der Waals surface area contributed by atoms with Crippen LogP contribution in [0.15, 0.2) is 36.0 Å². The molecule has 0 fully saturated rings. The molecule has 0 saturated carbocycles. The molecule has 0 atom stereocenters. The summed E-state index contributed by atoms with van der Waals surface area (Å²) >= 11 is 5.90. The summed E-state index contributed by atoms with van der Waals surface area (Å²) in [6, 6.07) is 4.98. The molecule has 0 aliphatic heterocycles. The van der Waals surface area contributed by atoms with Gasteiger partial charge in [-0.1, -0.05) is 24.3 Å². The number of rotatable bonds is 6. The third kappa shape index (κ3) is 5.66. The number of ether oxygens (including phenoxy) is 1. The Kier molecular flexibility index (Phi) is 6.97. The smallest absolute Gasteiger partial charge is 0.329 e. The second kappa shape index (κ2) is 8.76. The maximum atomic E-state index is 11.3. The van der Waals surface area contributed by atoms with E-state index < -0.39 is 11.8 Å². The number of hydrogen-bond donors (Lipinski definition) is 2. The van der Waals surface area contributed by atoms with Crippen LogP contribution in [-0.4, -0.2) is 31.2 Å². The molecule has 7 heteroatoms. The highest BCUT2D eigenvalue weighted by Crippen LogP contribution is 2.21. The number of likely N-dealkylation sites (N-methyl/N-ethyl adjacent to an activating group) is 1. The molecule has 2 amide bonds. The van der Waals surface area contributed by atoms with E-state index in [1.165, 1.54) is 6.21 Å². The second-order valence-electron chi connectivity index (χ2n) is 3.84. The predicted molar refractivity (Wildman–Crippen MR) is 81.6 cm³/mol. The highest BCUT2D eigenvalue weighted by Gasteiger charge is 2.10. The lowest BCUT2D eigenvalue weighted by atomic mass is 10.2. The van der Waals surface area contributed by atoms with Crippen LogP contribution in [0.1, 0.15) is 12.5 Å². The van der Waals surface area contributed by atoms with Crippen molar-refractivity contribution in [3.05, 3.63) is 41.4 Å². The zero-order valence-electron chi connectivity index (χ0n) is 11.6. The lowest BCUT2D eigenvalue weighted by molar-refractivity contribution is -0.139. The van der Waals surface area contributed by atoms with E-state index in [9.17, 15) is 9.59 Å². The van der Waals surface area contributed by atoms with E-state index in [1.54, 1.807) is 31.2 Å². The first-order valence-electron chi connectivity index (χ1n) is 6.23. The lowest BCUT2D eigenvalue weighted by Gasteiger charge is -2.07. The standard InChI is InChI=1S/C14H16ClN3O3/c1-3-7-21-12-6-5-11(15)8-10(12)9-17-18-14(20)13(19)16-4-2/h3,5-6,8-9H,1,4,7H2,2H3,(H,16,19)(H,18,20)/b17-9-. The summed E-state index contributed by atoms with van der Waals surface area (Å²) in [6.07, 6.45) is 2.95. The van der Waals surface area contributed by atoms with Crippen LogP contribution in [0.3, 0.4) is 0 Å². The van der Waals surface area contributed by atoms with Crippen LogP contribution in [-0.2, 0) is 9.59 Å². The number of nitrogens with one attached hydrogen (secondary N) is 2. The van der Waals surface area contributed by atoms with E-state index in [0.717, 1.165) is 0 Å². The van der Waals surface area contributed by atoms with Crippen molar-refractivity contribution in [1.29, 1.82) is 0 Å². The third-order valence-electron chi connectivity index (χ3n) is 2.24. The average Bonchev–Trinajstić information content (AvgIpc) is 2.46. The first-order valence-corrected chi connectivity index (χ1v) is 6.60. The van der Waals surface area contributed by atoms with Crippen molar-refractivity contribution in [3.63, 3.8) is 0 Å². The van der Waals surface area contributed by atoms with Crippen molar-refractivity contribution in [2.24, 2.45) is 5.10 Å². The predicted octanol–water partition coefficient (Wildman–Crippen LogP) is 1.49. The van der Waals surface area contributed by atoms with Gasteiger partial charge < -0.3 is 10.1 Å². The minimum Gasteiger partial charge on any atom is -0.489 e. The quantitative estimate of drug-likeness (QED) is 0.362. The molecule has 0 saturated heterocycles. The van der Waals surface area contributed by atoms with Crippen molar-refractivity contribution in [2.45, 2.75) is 6.92 Å². The van der Waals surface area contributed by atoms with E-state index in [4.69, 9.17) is 16.3 Å². The molecule has 0 bridgehead atoms. The fraction of sp³-hybridized carbons (Fsp3) is 0.214. The highest BCUT2D eigenvalue weighted by molar-refractivity contribution is 6.35. The van der Waals surface area contributed by atoms with Crippen molar-refractivity contribution in [2.75, 3.05) is 13.2 Å². The number of benzene rings is 1. The van der Waals surface area contributed by atoms with Gasteiger partial charge in [-0.05, 0) is 25.1 Å². The highest BCUT2D eigenvalue weighted by atomic mass is 35.5. The Labute approximate surface area is 127 Å². The van der Waals surface area contributed by atoms with Gasteiger partial charge in [-0.25, -0.2) is 5.43 Å². The van der Waals surface area contributed by atoms with Crippen LogP contribution in [0, 0.1) is 0 Å². The largest absolute Gasteiger partial charge is 0.489 e. The van der Waals surface area contributed by atoms with Crippen LogP contribution < -0.4 is 15.5 Å². The molecular formula is C14H16ClN3O3. The van der Waals surface area contributed by atoms with Crippen LogP contribution in [0.2, 0.25) is 5.02 Å². The minimum absolute atomic E-state index is 0.327. The Morgan fingerprint density at radius 1 is 1.43 bits per heavy atom. The Balaban J connectivity index is 2.74. The molecule has 0 heterocycles. The molecule has 0 aliphatic carbocycles. The van der Waals surface area contributed by atoms with Crippen molar-refractivity contribution < 1.29 is 14.3 Å². The maximum absolute atomic E-state index is 11.3. The molecule has 6 nitrogen and oxygen atoms in total. The third-order valence-corrected chi connectivity index (χ3v) is 2.48. The van der Waals surface area contributed by atoms with Crippen molar-refractivity contribution >= 4 is 29.6 Å². The van der Waals surface area contributed by atoms with Gasteiger partial charge in [0.15, 0.2) is 0 Å². The summed E-state index contributed by atoms with van der Waals surface area (Å²) in [4.78, 5) is 22.5. The number of amides is 2. The molecule has 1 rings (SSSR count). The Hall–Kier alpha value is -2.34. The second-order valence-corrected chi connectivity index (χ2v) is 4.28. The van der Waals surface area contributed by atoms with E-state index in [1.807, 2.05) is 0 Å². The number of hydrogen-bond acceptors (Lipinski definition) is 4. The van der Waals surface area contributed by atoms with Crippen LogP contribution in [0.25, 0.3) is 0 Å². The first-order chi connectivity index (χ1) is 10.1. The molecule has 0 radical (unpaired) electrons. The van der Waals surface area contributed by atoms with Crippen LogP contribution in [0.4, 0.5) is 0 Å². The van der Waals surface area contributed by atoms with Gasteiger partial charge in [0.05, 0.1) is 6.21 Å². The number of hydrazone groups is 1. The number of halogens is 1. The Morgan fingerprint density at radius 2 is 2.19 bits per heavy atom. The van der Waals surface area contributed by atoms with Crippen LogP contribution >= 0.6 is 11.6 Å². The van der Waals surface area contributed by atoms with E-state index in [0.29, 0.717) is 29.5 Å². The molecule has 0 spiro atoms. The molecule has 2 N–H and O–H groups in total. The van der Waals surface area contributed by atoms with Gasteiger partial charge in [0.25, 0.3) is 0 Å². The van der Waals surface area contributed by atoms with Gasteiger partial charge in [0.2, 0.25) is 0 Å². The topological polar surface area (TPSA) is 79.8 Å². The first kappa shape index (κ1) is 16.7. The molecule has 1 aromatic carbocycles. The summed E-state index contributed by atoms with van der Waals surface area (Å²) < 4.78 is 5.42. The normalized spacial score (nSPS) is 10.2. The molecule has 1 aromatic rings. The summed E-state index contributed by atoms with van der Waals surface area (Å²) in [5.41, 5.74) is 2.69. The number of carbonyl (C=O) groups excluding carboxylic acids is 2. The number of carbonyl (C=O) groups is 2. The summed E-state index contributed by atoms with van der Waals surface area (Å²) in [6.45, 7) is 5.96. The van der Waals surface area contributed by atoms with Gasteiger partial charge in [-0.2, -0.15) is 5.10 Å². The van der Waals surface area contributed by atoms with E-state index in [-0.39, 0.29) is 0 Å². The van der Waals surface area contributed by atoms with E-state index >= 15 is 0 Å². The molecular weight excluding hydrogens is 294 g/mol. The number of nitrogens with zero attached hydrogens (tertiary/aromatic N) is 1. The summed E-state index contributed by atoms with van der Waals surface area (Å²) in [5, 5.41) is 6.56. The van der Waals surface area contributed by atoms with Gasteiger partial charge in [-0.15, -0.1) is 0 Å².